The van der Waals surface area contributed by atoms with Crippen LogP contribution in [0.25, 0.3) is 0 Å². The standard InChI is InChI=1S/C14H19IN2O2/c15-12-2-1-3-13(8-12)16-14(19)9-17-6-4-11(10-18)5-7-17/h1-3,8,11,18H,4-7,9-10H2,(H,16,19). The van der Waals surface area contributed by atoms with Crippen molar-refractivity contribution in [3.8, 4) is 0 Å². The lowest BCUT2D eigenvalue weighted by Crippen LogP contribution is -2.39. The Labute approximate surface area is 127 Å². The number of amides is 1. The molecule has 4 nitrogen and oxygen atoms in total. The van der Waals surface area contributed by atoms with Crippen molar-refractivity contribution < 1.29 is 9.90 Å². The van der Waals surface area contributed by atoms with Gasteiger partial charge in [-0.15, -0.1) is 0 Å². The predicted molar refractivity (Wildman–Crippen MR) is 84.0 cm³/mol. The first kappa shape index (κ1) is 14.7. The van der Waals surface area contributed by atoms with E-state index in [1.807, 2.05) is 24.3 Å². The zero-order chi connectivity index (χ0) is 13.7. The average Bonchev–Trinajstić information content (AvgIpc) is 2.39. The number of nitrogens with one attached hydrogen (secondary N) is 1. The number of benzene rings is 1. The highest BCUT2D eigenvalue weighted by atomic mass is 127. The predicted octanol–water partition coefficient (Wildman–Crippen LogP) is 1.93. The van der Waals surface area contributed by atoms with Crippen molar-refractivity contribution in [1.29, 1.82) is 0 Å². The van der Waals surface area contributed by atoms with E-state index in [2.05, 4.69) is 32.8 Å². The molecular weight excluding hydrogens is 355 g/mol. The third kappa shape index (κ3) is 4.74. The Morgan fingerprint density at radius 2 is 2.16 bits per heavy atom. The van der Waals surface area contributed by atoms with Crippen LogP contribution in [-0.2, 0) is 4.79 Å². The lowest BCUT2D eigenvalue weighted by molar-refractivity contribution is -0.117. The van der Waals surface area contributed by atoms with Gasteiger partial charge in [-0.25, -0.2) is 0 Å². The summed E-state index contributed by atoms with van der Waals surface area (Å²) >= 11 is 2.23. The topological polar surface area (TPSA) is 52.6 Å². The van der Waals surface area contributed by atoms with E-state index < -0.39 is 0 Å². The van der Waals surface area contributed by atoms with Crippen molar-refractivity contribution in [3.05, 3.63) is 27.8 Å². The first-order valence-corrected chi connectivity index (χ1v) is 7.64. The van der Waals surface area contributed by atoms with Gasteiger partial charge in [-0.1, -0.05) is 6.07 Å². The number of aliphatic hydroxyl groups is 1. The molecule has 0 saturated carbocycles. The maximum Gasteiger partial charge on any atom is 0.238 e. The van der Waals surface area contributed by atoms with Crippen LogP contribution >= 0.6 is 22.6 Å². The molecule has 1 aromatic carbocycles. The number of carbonyl (C=O) groups is 1. The largest absolute Gasteiger partial charge is 0.396 e. The second-order valence-corrected chi connectivity index (χ2v) is 6.21. The molecule has 0 unspecified atom stereocenters. The molecule has 1 heterocycles. The maximum atomic E-state index is 11.9. The van der Waals surface area contributed by atoms with Gasteiger partial charge in [0.2, 0.25) is 5.91 Å². The smallest absolute Gasteiger partial charge is 0.238 e. The van der Waals surface area contributed by atoms with Crippen LogP contribution in [0, 0.1) is 9.49 Å². The minimum Gasteiger partial charge on any atom is -0.396 e. The molecule has 2 N–H and O–H groups in total. The SMILES string of the molecule is O=C(CN1CCC(CO)CC1)Nc1cccc(I)c1. The number of anilines is 1. The van der Waals surface area contributed by atoms with E-state index >= 15 is 0 Å². The number of hydrogen-bond acceptors (Lipinski definition) is 3. The lowest BCUT2D eigenvalue weighted by Gasteiger charge is -2.30. The fourth-order valence-electron chi connectivity index (χ4n) is 2.30. The zero-order valence-corrected chi connectivity index (χ0v) is 13.0. The monoisotopic (exact) mass is 374 g/mol. The zero-order valence-electron chi connectivity index (χ0n) is 10.8. The summed E-state index contributed by atoms with van der Waals surface area (Å²) in [5, 5.41) is 12.0. The summed E-state index contributed by atoms with van der Waals surface area (Å²) in [5.74, 6) is 0.444. The van der Waals surface area contributed by atoms with Crippen LogP contribution in [0.4, 0.5) is 5.69 Å². The lowest BCUT2D eigenvalue weighted by atomic mass is 9.98. The minimum atomic E-state index is 0.0319. The van der Waals surface area contributed by atoms with E-state index in [0.29, 0.717) is 12.5 Å². The maximum absolute atomic E-state index is 11.9. The van der Waals surface area contributed by atoms with Crippen molar-refractivity contribution in [2.75, 3.05) is 31.6 Å². The first-order valence-electron chi connectivity index (χ1n) is 6.56. The van der Waals surface area contributed by atoms with Gasteiger partial charge < -0.3 is 10.4 Å². The summed E-state index contributed by atoms with van der Waals surface area (Å²) < 4.78 is 1.11. The Hall–Kier alpha value is -0.660. The van der Waals surface area contributed by atoms with E-state index in [4.69, 9.17) is 5.11 Å². The van der Waals surface area contributed by atoms with Gasteiger partial charge in [-0.2, -0.15) is 0 Å². The molecule has 19 heavy (non-hydrogen) atoms. The highest BCUT2D eigenvalue weighted by Gasteiger charge is 2.20. The summed E-state index contributed by atoms with van der Waals surface area (Å²) in [6.07, 6.45) is 1.96. The first-order chi connectivity index (χ1) is 9.17. The molecule has 0 bridgehead atoms. The number of hydrogen-bond donors (Lipinski definition) is 2. The Kier molecular flexibility index (Phi) is 5.59. The van der Waals surface area contributed by atoms with Gasteiger partial charge in [0, 0.05) is 15.9 Å². The van der Waals surface area contributed by atoms with Crippen LogP contribution in [0.3, 0.4) is 0 Å². The summed E-state index contributed by atoms with van der Waals surface area (Å²) in [7, 11) is 0. The van der Waals surface area contributed by atoms with Crippen LogP contribution in [-0.4, -0.2) is 42.2 Å². The van der Waals surface area contributed by atoms with Crippen LogP contribution in [0.2, 0.25) is 0 Å². The van der Waals surface area contributed by atoms with E-state index in [1.165, 1.54) is 0 Å². The number of likely N-dealkylation sites (tertiary alicyclic amines) is 1. The highest BCUT2D eigenvalue weighted by molar-refractivity contribution is 14.1. The van der Waals surface area contributed by atoms with Gasteiger partial charge in [-0.05, 0) is 72.6 Å². The molecule has 1 aliphatic heterocycles. The van der Waals surface area contributed by atoms with Gasteiger partial charge in [0.25, 0.3) is 0 Å². The normalized spacial score (nSPS) is 17.4. The second-order valence-electron chi connectivity index (χ2n) is 4.96. The molecule has 0 aromatic heterocycles. The molecular formula is C14H19IN2O2. The van der Waals surface area contributed by atoms with Gasteiger partial charge in [0.15, 0.2) is 0 Å². The Morgan fingerprint density at radius 1 is 1.42 bits per heavy atom. The molecule has 1 amide bonds. The third-order valence-corrected chi connectivity index (χ3v) is 4.11. The molecule has 0 radical (unpaired) electrons. The molecule has 1 aromatic rings. The van der Waals surface area contributed by atoms with Crippen molar-refractivity contribution >= 4 is 34.2 Å². The number of rotatable bonds is 4. The van der Waals surface area contributed by atoms with E-state index in [-0.39, 0.29) is 12.5 Å². The fourth-order valence-corrected chi connectivity index (χ4v) is 2.84. The number of aliphatic hydroxyl groups excluding tert-OH is 1. The molecule has 1 aliphatic rings. The number of piperidine rings is 1. The third-order valence-electron chi connectivity index (χ3n) is 3.44. The quantitative estimate of drug-likeness (QED) is 0.793. The number of nitrogens with zero attached hydrogens (tertiary/aromatic N) is 1. The molecule has 1 saturated heterocycles. The van der Waals surface area contributed by atoms with Crippen LogP contribution < -0.4 is 5.32 Å². The minimum absolute atomic E-state index is 0.0319. The molecule has 104 valence electrons. The number of carbonyl (C=O) groups excluding carboxylic acids is 1. The Bertz CT molecular complexity index is 431. The van der Waals surface area contributed by atoms with Crippen molar-refractivity contribution in [2.45, 2.75) is 12.8 Å². The van der Waals surface area contributed by atoms with Crippen molar-refractivity contribution in [3.63, 3.8) is 0 Å². The van der Waals surface area contributed by atoms with E-state index in [0.717, 1.165) is 35.2 Å². The van der Waals surface area contributed by atoms with Crippen molar-refractivity contribution in [1.82, 2.24) is 4.90 Å². The van der Waals surface area contributed by atoms with E-state index in [1.54, 1.807) is 0 Å². The van der Waals surface area contributed by atoms with Gasteiger partial charge >= 0.3 is 0 Å². The Balaban J connectivity index is 1.79. The van der Waals surface area contributed by atoms with Crippen LogP contribution in [0.1, 0.15) is 12.8 Å². The van der Waals surface area contributed by atoms with Gasteiger partial charge in [0.05, 0.1) is 6.54 Å². The molecule has 0 aliphatic carbocycles. The molecule has 0 spiro atoms. The van der Waals surface area contributed by atoms with Gasteiger partial charge in [-0.3, -0.25) is 9.69 Å². The van der Waals surface area contributed by atoms with Gasteiger partial charge in [0.1, 0.15) is 0 Å². The van der Waals surface area contributed by atoms with Crippen LogP contribution in [0.5, 0.6) is 0 Å². The highest BCUT2D eigenvalue weighted by Crippen LogP contribution is 2.16. The summed E-state index contributed by atoms with van der Waals surface area (Å²) in [6.45, 7) is 2.49. The molecule has 1 fully saturated rings. The Morgan fingerprint density at radius 3 is 2.79 bits per heavy atom. The molecule has 2 rings (SSSR count). The summed E-state index contributed by atoms with van der Waals surface area (Å²) in [4.78, 5) is 14.1. The summed E-state index contributed by atoms with van der Waals surface area (Å²) in [5.41, 5.74) is 0.849. The van der Waals surface area contributed by atoms with E-state index in [9.17, 15) is 4.79 Å². The molecule has 5 heteroatoms. The fraction of sp³-hybridized carbons (Fsp3) is 0.500. The average molecular weight is 374 g/mol. The summed E-state index contributed by atoms with van der Waals surface area (Å²) in [6, 6.07) is 7.79. The number of halogens is 1. The molecule has 0 atom stereocenters. The second kappa shape index (κ2) is 7.21. The van der Waals surface area contributed by atoms with Crippen LogP contribution in [0.15, 0.2) is 24.3 Å². The van der Waals surface area contributed by atoms with Crippen molar-refractivity contribution in [2.24, 2.45) is 5.92 Å².